The van der Waals surface area contributed by atoms with Gasteiger partial charge in [-0.2, -0.15) is 4.98 Å². The van der Waals surface area contributed by atoms with Crippen LogP contribution in [-0.4, -0.2) is 10.1 Å². The molecule has 0 aliphatic heterocycles. The molecule has 2 rings (SSSR count). The summed E-state index contributed by atoms with van der Waals surface area (Å²) in [6, 6.07) is 4.64. The van der Waals surface area contributed by atoms with E-state index in [9.17, 15) is 4.39 Å². The molecule has 0 N–H and O–H groups in total. The van der Waals surface area contributed by atoms with Crippen molar-refractivity contribution >= 4 is 15.9 Å². The summed E-state index contributed by atoms with van der Waals surface area (Å²) in [4.78, 5) is 3.97. The van der Waals surface area contributed by atoms with Crippen molar-refractivity contribution in [3.63, 3.8) is 0 Å². The van der Waals surface area contributed by atoms with Gasteiger partial charge < -0.3 is 4.52 Å². The van der Waals surface area contributed by atoms with E-state index in [4.69, 9.17) is 4.52 Å². The van der Waals surface area contributed by atoms with E-state index in [1.807, 2.05) is 0 Å². The van der Waals surface area contributed by atoms with Crippen LogP contribution >= 0.6 is 15.9 Å². The Morgan fingerprint density at radius 1 is 1.43 bits per heavy atom. The molecule has 0 amide bonds. The van der Waals surface area contributed by atoms with Crippen LogP contribution in [0.15, 0.2) is 27.5 Å². The number of nitrogens with zero attached hydrogens (tertiary/aromatic N) is 2. The van der Waals surface area contributed by atoms with E-state index in [0.717, 1.165) is 0 Å². The SMILES string of the molecule is Cc1cc(-c2nc(Br)no2)ccc1F. The summed E-state index contributed by atoms with van der Waals surface area (Å²) in [7, 11) is 0. The van der Waals surface area contributed by atoms with Gasteiger partial charge in [0.25, 0.3) is 5.89 Å². The van der Waals surface area contributed by atoms with Gasteiger partial charge in [0.1, 0.15) is 5.82 Å². The first-order valence-corrected chi connectivity index (χ1v) is 4.72. The highest BCUT2D eigenvalue weighted by molar-refractivity contribution is 9.10. The topological polar surface area (TPSA) is 38.9 Å². The molecule has 0 aliphatic carbocycles. The summed E-state index contributed by atoms with van der Waals surface area (Å²) >= 11 is 3.07. The van der Waals surface area contributed by atoms with Gasteiger partial charge in [-0.25, -0.2) is 4.39 Å². The highest BCUT2D eigenvalue weighted by atomic mass is 79.9. The molecule has 1 aromatic heterocycles. The smallest absolute Gasteiger partial charge is 0.258 e. The third-order valence-corrected chi connectivity index (χ3v) is 2.13. The molecule has 1 heterocycles. The summed E-state index contributed by atoms with van der Waals surface area (Å²) in [5, 5.41) is 3.58. The largest absolute Gasteiger partial charge is 0.333 e. The molecule has 0 fully saturated rings. The van der Waals surface area contributed by atoms with Crippen LogP contribution in [0.25, 0.3) is 11.5 Å². The molecule has 3 nitrogen and oxygen atoms in total. The van der Waals surface area contributed by atoms with Crippen molar-refractivity contribution in [1.82, 2.24) is 10.1 Å². The van der Waals surface area contributed by atoms with Crippen molar-refractivity contribution in [2.24, 2.45) is 0 Å². The van der Waals surface area contributed by atoms with Gasteiger partial charge in [0, 0.05) is 5.56 Å². The molecular weight excluding hydrogens is 251 g/mol. The molecule has 0 aliphatic rings. The van der Waals surface area contributed by atoms with Crippen LogP contribution in [-0.2, 0) is 0 Å². The fraction of sp³-hybridized carbons (Fsp3) is 0.111. The number of rotatable bonds is 1. The maximum absolute atomic E-state index is 12.9. The normalized spacial score (nSPS) is 10.5. The lowest BCUT2D eigenvalue weighted by atomic mass is 10.1. The molecule has 0 bridgehead atoms. The Balaban J connectivity index is 2.47. The molecule has 1 aromatic carbocycles. The maximum Gasteiger partial charge on any atom is 0.258 e. The van der Waals surface area contributed by atoms with Gasteiger partial charge in [-0.1, -0.05) is 0 Å². The van der Waals surface area contributed by atoms with Crippen LogP contribution in [0, 0.1) is 12.7 Å². The highest BCUT2D eigenvalue weighted by Crippen LogP contribution is 2.21. The Morgan fingerprint density at radius 3 is 2.79 bits per heavy atom. The van der Waals surface area contributed by atoms with E-state index in [1.54, 1.807) is 19.1 Å². The van der Waals surface area contributed by atoms with E-state index in [1.165, 1.54) is 6.07 Å². The Hall–Kier alpha value is -1.23. The van der Waals surface area contributed by atoms with Crippen molar-refractivity contribution in [2.75, 3.05) is 0 Å². The fourth-order valence-electron chi connectivity index (χ4n) is 1.10. The van der Waals surface area contributed by atoms with Crippen molar-refractivity contribution in [1.29, 1.82) is 0 Å². The predicted molar refractivity (Wildman–Crippen MR) is 52.1 cm³/mol. The van der Waals surface area contributed by atoms with E-state index in [2.05, 4.69) is 26.1 Å². The minimum absolute atomic E-state index is 0.243. The van der Waals surface area contributed by atoms with Crippen LogP contribution in [0.3, 0.4) is 0 Å². The molecule has 0 atom stereocenters. The summed E-state index contributed by atoms with van der Waals surface area (Å²) in [5.74, 6) is 0.132. The van der Waals surface area contributed by atoms with Gasteiger partial charge >= 0.3 is 0 Å². The summed E-state index contributed by atoms with van der Waals surface area (Å²) < 4.78 is 18.2. The average Bonchev–Trinajstić information content (AvgIpc) is 2.57. The molecule has 14 heavy (non-hydrogen) atoms. The first-order chi connectivity index (χ1) is 6.66. The molecule has 5 heteroatoms. The second-order valence-corrected chi connectivity index (χ2v) is 3.54. The Labute approximate surface area is 88.1 Å². The predicted octanol–water partition coefficient (Wildman–Crippen LogP) is 2.95. The van der Waals surface area contributed by atoms with Crippen molar-refractivity contribution in [3.8, 4) is 11.5 Å². The van der Waals surface area contributed by atoms with E-state index >= 15 is 0 Å². The first kappa shape index (κ1) is 9.33. The maximum atomic E-state index is 12.9. The number of benzene rings is 1. The molecule has 0 saturated heterocycles. The monoisotopic (exact) mass is 256 g/mol. The van der Waals surface area contributed by atoms with Gasteiger partial charge in [0.05, 0.1) is 0 Å². The lowest BCUT2D eigenvalue weighted by Crippen LogP contribution is -1.84. The fourth-order valence-corrected chi connectivity index (χ4v) is 1.33. The minimum Gasteiger partial charge on any atom is -0.333 e. The van der Waals surface area contributed by atoms with Crippen LogP contribution in [0.4, 0.5) is 4.39 Å². The average molecular weight is 257 g/mol. The minimum atomic E-state index is -0.243. The van der Waals surface area contributed by atoms with Crippen molar-refractivity contribution in [2.45, 2.75) is 6.92 Å². The van der Waals surface area contributed by atoms with Crippen LogP contribution < -0.4 is 0 Å². The van der Waals surface area contributed by atoms with Crippen LogP contribution in [0.2, 0.25) is 0 Å². The molecular formula is C9H6BrFN2O. The third kappa shape index (κ3) is 1.68. The van der Waals surface area contributed by atoms with E-state index in [-0.39, 0.29) is 5.82 Å². The van der Waals surface area contributed by atoms with Gasteiger partial charge in [0.2, 0.25) is 4.73 Å². The summed E-state index contributed by atoms with van der Waals surface area (Å²) in [5.41, 5.74) is 1.26. The Kier molecular flexibility index (Phi) is 2.33. The lowest BCUT2D eigenvalue weighted by Gasteiger charge is -1.97. The number of aryl methyl sites for hydroxylation is 1. The van der Waals surface area contributed by atoms with Crippen molar-refractivity contribution in [3.05, 3.63) is 34.3 Å². The molecule has 0 saturated carbocycles. The molecule has 0 unspecified atom stereocenters. The zero-order valence-electron chi connectivity index (χ0n) is 7.29. The van der Waals surface area contributed by atoms with Gasteiger partial charge in [0.15, 0.2) is 0 Å². The zero-order valence-corrected chi connectivity index (χ0v) is 8.88. The molecule has 2 aromatic rings. The number of hydrogen-bond donors (Lipinski definition) is 0. The third-order valence-electron chi connectivity index (χ3n) is 1.81. The molecule has 72 valence electrons. The summed E-state index contributed by atoms with van der Waals surface area (Å²) in [6.07, 6.45) is 0. The Bertz CT molecular complexity index is 470. The van der Waals surface area contributed by atoms with Gasteiger partial charge in [-0.15, -0.1) is 0 Å². The lowest BCUT2D eigenvalue weighted by molar-refractivity contribution is 0.426. The standard InChI is InChI=1S/C9H6BrFN2O/c1-5-4-6(2-3-7(5)11)8-12-9(10)13-14-8/h2-4H,1H3. The Morgan fingerprint density at radius 2 is 2.21 bits per heavy atom. The zero-order chi connectivity index (χ0) is 10.1. The van der Waals surface area contributed by atoms with E-state index in [0.29, 0.717) is 21.8 Å². The van der Waals surface area contributed by atoms with Crippen molar-refractivity contribution < 1.29 is 8.91 Å². The first-order valence-electron chi connectivity index (χ1n) is 3.92. The highest BCUT2D eigenvalue weighted by Gasteiger charge is 2.08. The molecule has 0 spiro atoms. The number of hydrogen-bond acceptors (Lipinski definition) is 3. The number of halogens is 2. The second kappa shape index (κ2) is 3.49. The number of aromatic nitrogens is 2. The second-order valence-electron chi connectivity index (χ2n) is 2.83. The van der Waals surface area contributed by atoms with Gasteiger partial charge in [-0.05, 0) is 51.8 Å². The van der Waals surface area contributed by atoms with Gasteiger partial charge in [-0.3, -0.25) is 0 Å². The summed E-state index contributed by atoms with van der Waals surface area (Å²) in [6.45, 7) is 1.68. The quantitative estimate of drug-likeness (QED) is 0.788. The van der Waals surface area contributed by atoms with Crippen LogP contribution in [0.1, 0.15) is 5.56 Å². The molecule has 0 radical (unpaired) electrons. The van der Waals surface area contributed by atoms with E-state index < -0.39 is 0 Å². The van der Waals surface area contributed by atoms with Crippen LogP contribution in [0.5, 0.6) is 0 Å².